The van der Waals surface area contributed by atoms with Crippen molar-refractivity contribution in [2.75, 3.05) is 5.32 Å². The maximum Gasteiger partial charge on any atom is 0.255 e. The molecule has 2 aromatic carbocycles. The van der Waals surface area contributed by atoms with Gasteiger partial charge in [0.05, 0.1) is 5.69 Å². The van der Waals surface area contributed by atoms with E-state index in [-0.39, 0.29) is 11.3 Å². The summed E-state index contributed by atoms with van der Waals surface area (Å²) in [6.45, 7) is 0. The quantitative estimate of drug-likeness (QED) is 0.426. The van der Waals surface area contributed by atoms with E-state index in [4.69, 9.17) is 10.2 Å². The Balaban J connectivity index is 2.27. The van der Waals surface area contributed by atoms with E-state index in [1.54, 1.807) is 0 Å². The molecular formula is C13H10FNO5. The standard InChI is InChI=1S/C13H10FNO5/c14-7-4-11(18)12(19)5-8(7)15-13(20)6-1-2-9(16)10(17)3-6/h1-5,16-19H,(H,15,20). The van der Waals surface area contributed by atoms with Gasteiger partial charge in [-0.05, 0) is 18.2 Å². The highest BCUT2D eigenvalue weighted by molar-refractivity contribution is 6.04. The number of hydrogen-bond donors (Lipinski definition) is 5. The zero-order chi connectivity index (χ0) is 14.9. The summed E-state index contributed by atoms with van der Waals surface area (Å²) in [7, 11) is 0. The van der Waals surface area contributed by atoms with Gasteiger partial charge in [-0.15, -0.1) is 0 Å². The molecule has 0 aliphatic heterocycles. The number of carbonyl (C=O) groups excluding carboxylic acids is 1. The number of hydrogen-bond acceptors (Lipinski definition) is 5. The van der Waals surface area contributed by atoms with Crippen LogP contribution >= 0.6 is 0 Å². The van der Waals surface area contributed by atoms with Gasteiger partial charge < -0.3 is 25.7 Å². The Kier molecular flexibility index (Phi) is 3.34. The van der Waals surface area contributed by atoms with Gasteiger partial charge in [-0.1, -0.05) is 0 Å². The molecule has 7 heteroatoms. The molecule has 0 bridgehead atoms. The molecule has 0 aliphatic rings. The predicted octanol–water partition coefficient (Wildman–Crippen LogP) is 1.90. The highest BCUT2D eigenvalue weighted by Gasteiger charge is 2.14. The van der Waals surface area contributed by atoms with Crippen molar-refractivity contribution in [3.63, 3.8) is 0 Å². The third-order valence-corrected chi connectivity index (χ3v) is 2.55. The molecule has 1 amide bonds. The van der Waals surface area contributed by atoms with Crippen molar-refractivity contribution < 1.29 is 29.6 Å². The van der Waals surface area contributed by atoms with E-state index < -0.39 is 34.7 Å². The van der Waals surface area contributed by atoms with E-state index in [9.17, 15) is 19.4 Å². The number of halogens is 1. The number of rotatable bonds is 2. The lowest BCUT2D eigenvalue weighted by Crippen LogP contribution is -2.12. The molecule has 0 aliphatic carbocycles. The third-order valence-electron chi connectivity index (χ3n) is 2.55. The molecular weight excluding hydrogens is 269 g/mol. The van der Waals surface area contributed by atoms with Crippen molar-refractivity contribution in [3.8, 4) is 23.0 Å². The summed E-state index contributed by atoms with van der Waals surface area (Å²) >= 11 is 0. The minimum Gasteiger partial charge on any atom is -0.504 e. The maximum atomic E-state index is 13.5. The highest BCUT2D eigenvalue weighted by atomic mass is 19.1. The molecule has 0 aromatic heterocycles. The molecule has 5 N–H and O–H groups in total. The maximum absolute atomic E-state index is 13.5. The monoisotopic (exact) mass is 279 g/mol. The van der Waals surface area contributed by atoms with Crippen molar-refractivity contribution in [1.29, 1.82) is 0 Å². The highest BCUT2D eigenvalue weighted by Crippen LogP contribution is 2.31. The summed E-state index contributed by atoms with van der Waals surface area (Å²) in [6, 6.07) is 4.84. The number of phenolic OH excluding ortho intramolecular Hbond substituents is 4. The molecule has 0 unspecified atom stereocenters. The fourth-order valence-corrected chi connectivity index (χ4v) is 1.51. The third kappa shape index (κ3) is 2.56. The molecule has 104 valence electrons. The lowest BCUT2D eigenvalue weighted by atomic mass is 10.2. The van der Waals surface area contributed by atoms with Crippen LogP contribution in [0.5, 0.6) is 23.0 Å². The van der Waals surface area contributed by atoms with Crippen LogP contribution in [0.2, 0.25) is 0 Å². The van der Waals surface area contributed by atoms with Crippen molar-refractivity contribution in [2.45, 2.75) is 0 Å². The minimum atomic E-state index is -0.934. The van der Waals surface area contributed by atoms with Crippen molar-refractivity contribution >= 4 is 11.6 Å². The Labute approximate surface area is 112 Å². The first-order chi connectivity index (χ1) is 9.38. The Morgan fingerprint density at radius 1 is 0.900 bits per heavy atom. The van der Waals surface area contributed by atoms with Crippen LogP contribution in [0, 0.1) is 5.82 Å². The molecule has 6 nitrogen and oxygen atoms in total. The number of phenols is 4. The molecule has 2 rings (SSSR count). The first-order valence-electron chi connectivity index (χ1n) is 5.43. The molecule has 20 heavy (non-hydrogen) atoms. The number of nitrogens with one attached hydrogen (secondary N) is 1. The lowest BCUT2D eigenvalue weighted by molar-refractivity contribution is 0.102. The van der Waals surface area contributed by atoms with Crippen LogP contribution < -0.4 is 5.32 Å². The van der Waals surface area contributed by atoms with Gasteiger partial charge in [0.15, 0.2) is 28.8 Å². The second-order valence-electron chi connectivity index (χ2n) is 3.98. The van der Waals surface area contributed by atoms with Gasteiger partial charge in [0.1, 0.15) is 0 Å². The Morgan fingerprint density at radius 3 is 2.15 bits per heavy atom. The molecule has 2 aromatic rings. The Morgan fingerprint density at radius 2 is 1.50 bits per heavy atom. The van der Waals surface area contributed by atoms with Gasteiger partial charge in [0, 0.05) is 17.7 Å². The fourth-order valence-electron chi connectivity index (χ4n) is 1.51. The summed E-state index contributed by atoms with van der Waals surface area (Å²) in [6.07, 6.45) is 0. The van der Waals surface area contributed by atoms with Gasteiger partial charge in [-0.25, -0.2) is 4.39 Å². The Bertz CT molecular complexity index is 687. The second kappa shape index (κ2) is 4.96. The summed E-state index contributed by atoms with van der Waals surface area (Å²) in [4.78, 5) is 11.8. The van der Waals surface area contributed by atoms with Crippen LogP contribution in [-0.4, -0.2) is 26.3 Å². The molecule has 0 spiro atoms. The summed E-state index contributed by atoms with van der Waals surface area (Å²) in [5.41, 5.74) is -0.356. The van der Waals surface area contributed by atoms with Gasteiger partial charge in [-0.3, -0.25) is 4.79 Å². The number of carbonyl (C=O) groups is 1. The van der Waals surface area contributed by atoms with Crippen LogP contribution in [0.1, 0.15) is 10.4 Å². The number of anilines is 1. The van der Waals surface area contributed by atoms with Crippen LogP contribution in [0.25, 0.3) is 0 Å². The van der Waals surface area contributed by atoms with Crippen LogP contribution in [-0.2, 0) is 0 Å². The molecule has 0 atom stereocenters. The van der Waals surface area contributed by atoms with E-state index in [1.165, 1.54) is 6.07 Å². The average molecular weight is 279 g/mol. The van der Waals surface area contributed by atoms with E-state index in [1.807, 2.05) is 0 Å². The zero-order valence-electron chi connectivity index (χ0n) is 9.96. The summed E-state index contributed by atoms with van der Waals surface area (Å²) < 4.78 is 13.5. The average Bonchev–Trinajstić information content (AvgIpc) is 2.39. The van der Waals surface area contributed by atoms with Gasteiger partial charge in [0.25, 0.3) is 5.91 Å². The second-order valence-corrected chi connectivity index (χ2v) is 3.98. The lowest BCUT2D eigenvalue weighted by Gasteiger charge is -2.08. The van der Waals surface area contributed by atoms with Gasteiger partial charge >= 0.3 is 0 Å². The fraction of sp³-hybridized carbons (Fsp3) is 0. The Hall–Kier alpha value is -2.96. The largest absolute Gasteiger partial charge is 0.504 e. The predicted molar refractivity (Wildman–Crippen MR) is 67.5 cm³/mol. The van der Waals surface area contributed by atoms with Crippen LogP contribution in [0.15, 0.2) is 30.3 Å². The van der Waals surface area contributed by atoms with E-state index in [0.717, 1.165) is 18.2 Å². The number of benzene rings is 2. The smallest absolute Gasteiger partial charge is 0.255 e. The first-order valence-corrected chi connectivity index (χ1v) is 5.43. The number of aromatic hydroxyl groups is 4. The zero-order valence-corrected chi connectivity index (χ0v) is 9.96. The molecule has 0 saturated carbocycles. The topological polar surface area (TPSA) is 110 Å². The van der Waals surface area contributed by atoms with Crippen molar-refractivity contribution in [2.24, 2.45) is 0 Å². The van der Waals surface area contributed by atoms with E-state index in [0.29, 0.717) is 6.07 Å². The molecule has 0 saturated heterocycles. The van der Waals surface area contributed by atoms with Gasteiger partial charge in [-0.2, -0.15) is 0 Å². The van der Waals surface area contributed by atoms with E-state index >= 15 is 0 Å². The van der Waals surface area contributed by atoms with E-state index in [2.05, 4.69) is 5.32 Å². The molecule has 0 radical (unpaired) electrons. The normalized spacial score (nSPS) is 10.2. The first kappa shape index (κ1) is 13.5. The van der Waals surface area contributed by atoms with Crippen molar-refractivity contribution in [3.05, 3.63) is 41.7 Å². The number of amides is 1. The SMILES string of the molecule is O=C(Nc1cc(O)c(O)cc1F)c1ccc(O)c(O)c1. The van der Waals surface area contributed by atoms with Crippen LogP contribution in [0.4, 0.5) is 10.1 Å². The van der Waals surface area contributed by atoms with Crippen molar-refractivity contribution in [1.82, 2.24) is 0 Å². The molecule has 0 fully saturated rings. The van der Waals surface area contributed by atoms with Crippen LogP contribution in [0.3, 0.4) is 0 Å². The van der Waals surface area contributed by atoms with Gasteiger partial charge in [0.2, 0.25) is 0 Å². The molecule has 0 heterocycles. The summed E-state index contributed by atoms with van der Waals surface area (Å²) in [5.74, 6) is -3.82. The minimum absolute atomic E-state index is 0.0211. The summed E-state index contributed by atoms with van der Waals surface area (Å²) in [5, 5.41) is 38.9.